The van der Waals surface area contributed by atoms with E-state index in [1.165, 1.54) is 0 Å². The van der Waals surface area contributed by atoms with E-state index in [-0.39, 0.29) is 18.2 Å². The van der Waals surface area contributed by atoms with E-state index >= 15 is 0 Å². The fourth-order valence-corrected chi connectivity index (χ4v) is 1.03. The number of nitrogens with zero attached hydrogens (tertiary/aromatic N) is 2. The molecule has 0 spiro atoms. The summed E-state index contributed by atoms with van der Waals surface area (Å²) >= 11 is 0. The average Bonchev–Trinajstić information content (AvgIpc) is 2.13. The Labute approximate surface area is 78.2 Å². The zero-order valence-electron chi connectivity index (χ0n) is 8.16. The van der Waals surface area contributed by atoms with Crippen LogP contribution in [0.15, 0.2) is 5.16 Å². The van der Waals surface area contributed by atoms with Gasteiger partial charge in [-0.15, -0.1) is 0 Å². The molecule has 0 aliphatic heterocycles. The molecule has 0 aliphatic rings. The van der Waals surface area contributed by atoms with Gasteiger partial charge in [0.15, 0.2) is 0 Å². The molecular formula is C8H17N3O2. The van der Waals surface area contributed by atoms with Crippen molar-refractivity contribution in [3.8, 4) is 0 Å². The normalized spacial score (nSPS) is 11.4. The van der Waals surface area contributed by atoms with Crippen molar-refractivity contribution in [1.29, 1.82) is 0 Å². The van der Waals surface area contributed by atoms with Crippen molar-refractivity contribution >= 4 is 11.7 Å². The number of nitrogens with two attached hydrogens (primary N) is 1. The van der Waals surface area contributed by atoms with Gasteiger partial charge in [-0.05, 0) is 13.3 Å². The summed E-state index contributed by atoms with van der Waals surface area (Å²) in [6, 6.07) is 0. The van der Waals surface area contributed by atoms with Crippen LogP contribution in [0.1, 0.15) is 26.7 Å². The lowest BCUT2D eigenvalue weighted by atomic mass is 10.3. The third-order valence-corrected chi connectivity index (χ3v) is 1.69. The monoisotopic (exact) mass is 187 g/mol. The zero-order valence-corrected chi connectivity index (χ0v) is 8.16. The molecule has 0 bridgehead atoms. The SMILES string of the molecule is CCCN(CC)C(=O)C/C(N)=N/O. The molecule has 0 rings (SSSR count). The summed E-state index contributed by atoms with van der Waals surface area (Å²) in [7, 11) is 0. The van der Waals surface area contributed by atoms with Gasteiger partial charge in [0.05, 0.1) is 6.42 Å². The molecule has 76 valence electrons. The Bertz CT molecular complexity index is 192. The highest BCUT2D eigenvalue weighted by Crippen LogP contribution is 1.95. The summed E-state index contributed by atoms with van der Waals surface area (Å²) in [5, 5.41) is 11.0. The molecule has 0 saturated carbocycles. The number of amidine groups is 1. The average molecular weight is 187 g/mol. The first-order chi connectivity index (χ1) is 6.15. The molecule has 0 aromatic heterocycles. The first kappa shape index (κ1) is 11.7. The summed E-state index contributed by atoms with van der Waals surface area (Å²) in [6.07, 6.45) is 0.903. The smallest absolute Gasteiger partial charge is 0.230 e. The van der Waals surface area contributed by atoms with Gasteiger partial charge >= 0.3 is 0 Å². The fourth-order valence-electron chi connectivity index (χ4n) is 1.03. The Morgan fingerprint density at radius 3 is 2.54 bits per heavy atom. The third kappa shape index (κ3) is 4.35. The van der Waals surface area contributed by atoms with Gasteiger partial charge < -0.3 is 15.8 Å². The summed E-state index contributed by atoms with van der Waals surface area (Å²) in [6.45, 7) is 5.28. The minimum absolute atomic E-state index is 0.00958. The highest BCUT2D eigenvalue weighted by Gasteiger charge is 2.11. The Morgan fingerprint density at radius 1 is 1.54 bits per heavy atom. The van der Waals surface area contributed by atoms with Crippen LogP contribution >= 0.6 is 0 Å². The van der Waals surface area contributed by atoms with Crippen molar-refractivity contribution in [2.24, 2.45) is 10.9 Å². The van der Waals surface area contributed by atoms with E-state index in [0.29, 0.717) is 13.1 Å². The van der Waals surface area contributed by atoms with Crippen LogP contribution in [-0.4, -0.2) is 34.9 Å². The lowest BCUT2D eigenvalue weighted by Crippen LogP contribution is -2.34. The van der Waals surface area contributed by atoms with Crippen molar-refractivity contribution in [3.05, 3.63) is 0 Å². The van der Waals surface area contributed by atoms with Crippen molar-refractivity contribution < 1.29 is 10.0 Å². The van der Waals surface area contributed by atoms with Crippen LogP contribution in [-0.2, 0) is 4.79 Å². The summed E-state index contributed by atoms with van der Waals surface area (Å²) < 4.78 is 0. The molecule has 5 nitrogen and oxygen atoms in total. The van der Waals surface area contributed by atoms with E-state index in [4.69, 9.17) is 10.9 Å². The number of rotatable bonds is 5. The molecule has 0 atom stereocenters. The second-order valence-corrected chi connectivity index (χ2v) is 2.74. The maximum Gasteiger partial charge on any atom is 0.230 e. The maximum absolute atomic E-state index is 11.4. The predicted octanol–water partition coefficient (Wildman–Crippen LogP) is 0.381. The van der Waals surface area contributed by atoms with Crippen molar-refractivity contribution in [1.82, 2.24) is 4.90 Å². The van der Waals surface area contributed by atoms with Gasteiger partial charge in [-0.2, -0.15) is 0 Å². The first-order valence-corrected chi connectivity index (χ1v) is 4.39. The van der Waals surface area contributed by atoms with Crippen LogP contribution < -0.4 is 5.73 Å². The van der Waals surface area contributed by atoms with Crippen LogP contribution in [0.4, 0.5) is 0 Å². The van der Waals surface area contributed by atoms with E-state index in [1.54, 1.807) is 4.90 Å². The molecule has 0 fully saturated rings. The maximum atomic E-state index is 11.4. The first-order valence-electron chi connectivity index (χ1n) is 4.39. The molecule has 0 aromatic carbocycles. The van der Waals surface area contributed by atoms with Crippen LogP contribution in [0.2, 0.25) is 0 Å². The fraction of sp³-hybridized carbons (Fsp3) is 0.750. The topological polar surface area (TPSA) is 78.9 Å². The van der Waals surface area contributed by atoms with Crippen molar-refractivity contribution in [3.63, 3.8) is 0 Å². The predicted molar refractivity (Wildman–Crippen MR) is 50.6 cm³/mol. The lowest BCUT2D eigenvalue weighted by Gasteiger charge is -2.19. The number of hydrogen-bond donors (Lipinski definition) is 2. The Balaban J connectivity index is 4.05. The minimum atomic E-state index is -0.0975. The molecule has 13 heavy (non-hydrogen) atoms. The molecule has 0 aromatic rings. The molecule has 0 radical (unpaired) electrons. The molecule has 1 amide bonds. The van der Waals surface area contributed by atoms with E-state index in [2.05, 4.69) is 5.16 Å². The molecule has 3 N–H and O–H groups in total. The molecule has 0 unspecified atom stereocenters. The largest absolute Gasteiger partial charge is 0.409 e. The highest BCUT2D eigenvalue weighted by molar-refractivity contribution is 5.98. The Hall–Kier alpha value is -1.26. The molecule has 0 aliphatic carbocycles. The number of oxime groups is 1. The highest BCUT2D eigenvalue weighted by atomic mass is 16.4. The van der Waals surface area contributed by atoms with Crippen molar-refractivity contribution in [2.45, 2.75) is 26.7 Å². The van der Waals surface area contributed by atoms with Gasteiger partial charge in [0, 0.05) is 13.1 Å². The standard InChI is InChI=1S/C8H17N3O2/c1-3-5-11(4-2)8(12)6-7(9)10-13/h13H,3-6H2,1-2H3,(H2,9,10). The second kappa shape index (κ2) is 6.28. The summed E-state index contributed by atoms with van der Waals surface area (Å²) in [5.74, 6) is -0.140. The van der Waals surface area contributed by atoms with E-state index in [0.717, 1.165) is 6.42 Å². The Morgan fingerprint density at radius 2 is 2.15 bits per heavy atom. The number of carbonyl (C=O) groups excluding carboxylic acids is 1. The zero-order chi connectivity index (χ0) is 10.3. The van der Waals surface area contributed by atoms with E-state index in [9.17, 15) is 4.79 Å². The van der Waals surface area contributed by atoms with Gasteiger partial charge in [0.2, 0.25) is 5.91 Å². The van der Waals surface area contributed by atoms with Gasteiger partial charge in [-0.3, -0.25) is 4.79 Å². The quantitative estimate of drug-likeness (QED) is 0.283. The van der Waals surface area contributed by atoms with Crippen molar-refractivity contribution in [2.75, 3.05) is 13.1 Å². The molecule has 0 saturated heterocycles. The Kier molecular flexibility index (Phi) is 5.67. The van der Waals surface area contributed by atoms with E-state index < -0.39 is 0 Å². The van der Waals surface area contributed by atoms with Crippen LogP contribution in [0, 0.1) is 0 Å². The molecular weight excluding hydrogens is 170 g/mol. The summed E-state index contributed by atoms with van der Waals surface area (Å²) in [5.41, 5.74) is 5.22. The molecule has 5 heteroatoms. The van der Waals surface area contributed by atoms with Gasteiger partial charge in [0.25, 0.3) is 0 Å². The van der Waals surface area contributed by atoms with Crippen LogP contribution in [0.5, 0.6) is 0 Å². The van der Waals surface area contributed by atoms with Crippen LogP contribution in [0.25, 0.3) is 0 Å². The lowest BCUT2D eigenvalue weighted by molar-refractivity contribution is -0.129. The number of hydrogen-bond acceptors (Lipinski definition) is 3. The van der Waals surface area contributed by atoms with E-state index in [1.807, 2.05) is 13.8 Å². The summed E-state index contributed by atoms with van der Waals surface area (Å²) in [4.78, 5) is 13.1. The molecule has 0 heterocycles. The third-order valence-electron chi connectivity index (χ3n) is 1.69. The number of amides is 1. The minimum Gasteiger partial charge on any atom is -0.409 e. The number of carbonyl (C=O) groups is 1. The van der Waals surface area contributed by atoms with Gasteiger partial charge in [0.1, 0.15) is 5.84 Å². The van der Waals surface area contributed by atoms with Gasteiger partial charge in [-0.25, -0.2) is 0 Å². The van der Waals surface area contributed by atoms with Gasteiger partial charge in [-0.1, -0.05) is 12.1 Å². The van der Waals surface area contributed by atoms with Crippen LogP contribution in [0.3, 0.4) is 0 Å². The second-order valence-electron chi connectivity index (χ2n) is 2.74.